The van der Waals surface area contributed by atoms with Crippen molar-refractivity contribution in [3.63, 3.8) is 0 Å². The topological polar surface area (TPSA) is 33.1 Å². The van der Waals surface area contributed by atoms with Crippen molar-refractivity contribution in [1.82, 2.24) is 4.98 Å². The maximum atomic E-state index is 13.0. The van der Waals surface area contributed by atoms with Gasteiger partial charge in [-0.05, 0) is 42.8 Å². The summed E-state index contributed by atoms with van der Waals surface area (Å²) in [6.45, 7) is 1.94. The van der Waals surface area contributed by atoms with Gasteiger partial charge in [0.25, 0.3) is 0 Å². The normalized spacial score (nSPS) is 10.8. The number of halogens is 1. The van der Waals surface area contributed by atoms with Crippen molar-refractivity contribution in [1.29, 1.82) is 0 Å². The molecule has 1 heterocycles. The van der Waals surface area contributed by atoms with E-state index in [2.05, 4.69) is 4.98 Å². The molecular formula is C16H12FNO. The number of rotatable bonds is 1. The van der Waals surface area contributed by atoms with Crippen molar-refractivity contribution in [2.75, 3.05) is 0 Å². The van der Waals surface area contributed by atoms with Crippen LogP contribution in [0, 0.1) is 12.7 Å². The number of phenols is 1. The minimum absolute atomic E-state index is 0.0561. The Hall–Kier alpha value is -2.42. The zero-order chi connectivity index (χ0) is 13.4. The van der Waals surface area contributed by atoms with E-state index in [0.717, 1.165) is 28.2 Å². The van der Waals surface area contributed by atoms with E-state index in [1.807, 2.05) is 37.3 Å². The fourth-order valence-corrected chi connectivity index (χ4v) is 2.14. The Balaban J connectivity index is 2.17. The first kappa shape index (κ1) is 11.7. The molecule has 1 N–H and O–H groups in total. The number of aryl methyl sites for hydroxylation is 1. The van der Waals surface area contributed by atoms with Crippen molar-refractivity contribution in [3.8, 4) is 16.9 Å². The monoisotopic (exact) mass is 253 g/mol. The van der Waals surface area contributed by atoms with E-state index in [1.54, 1.807) is 6.07 Å². The van der Waals surface area contributed by atoms with Crippen LogP contribution in [-0.2, 0) is 0 Å². The van der Waals surface area contributed by atoms with Crippen molar-refractivity contribution >= 4 is 10.9 Å². The molecule has 0 radical (unpaired) electrons. The zero-order valence-corrected chi connectivity index (χ0v) is 10.4. The third-order valence-electron chi connectivity index (χ3n) is 3.10. The highest BCUT2D eigenvalue weighted by Gasteiger charge is 2.06. The summed E-state index contributed by atoms with van der Waals surface area (Å²) in [5, 5.41) is 10.8. The van der Waals surface area contributed by atoms with E-state index >= 15 is 0 Å². The molecule has 0 spiro atoms. The number of fused-ring (bicyclic) bond motifs is 1. The molecule has 0 saturated carbocycles. The Bertz CT molecular complexity index is 768. The second-order valence-corrected chi connectivity index (χ2v) is 4.52. The minimum atomic E-state index is -0.445. The van der Waals surface area contributed by atoms with Crippen molar-refractivity contribution in [2.45, 2.75) is 6.92 Å². The highest BCUT2D eigenvalue weighted by atomic mass is 19.1. The maximum absolute atomic E-state index is 13.0. The number of benzene rings is 2. The van der Waals surface area contributed by atoms with E-state index in [9.17, 15) is 9.50 Å². The lowest BCUT2D eigenvalue weighted by Crippen LogP contribution is -1.85. The second kappa shape index (κ2) is 4.35. The van der Waals surface area contributed by atoms with Gasteiger partial charge in [0.15, 0.2) is 0 Å². The Morgan fingerprint density at radius 2 is 1.84 bits per heavy atom. The van der Waals surface area contributed by atoms with Gasteiger partial charge in [-0.1, -0.05) is 12.1 Å². The number of nitrogens with zero attached hydrogens (tertiary/aromatic N) is 1. The molecular weight excluding hydrogens is 241 g/mol. The van der Waals surface area contributed by atoms with Crippen LogP contribution in [0.15, 0.2) is 48.5 Å². The van der Waals surface area contributed by atoms with Crippen molar-refractivity contribution in [3.05, 3.63) is 60.0 Å². The molecule has 3 heteroatoms. The molecule has 1 aromatic heterocycles. The standard InChI is InChI=1S/C16H12FNO/c1-10-2-3-12-8-11(4-7-15(12)18-10)14-6-5-13(17)9-16(14)19/h2-9,19H,1H3. The van der Waals surface area contributed by atoms with Crippen LogP contribution in [0.5, 0.6) is 5.75 Å². The van der Waals surface area contributed by atoms with E-state index in [4.69, 9.17) is 0 Å². The summed E-state index contributed by atoms with van der Waals surface area (Å²) in [4.78, 5) is 4.42. The van der Waals surface area contributed by atoms with E-state index in [-0.39, 0.29) is 5.75 Å². The third-order valence-corrected chi connectivity index (χ3v) is 3.10. The van der Waals surface area contributed by atoms with E-state index < -0.39 is 5.82 Å². The summed E-state index contributed by atoms with van der Waals surface area (Å²) < 4.78 is 13.0. The van der Waals surface area contributed by atoms with Gasteiger partial charge in [-0.2, -0.15) is 0 Å². The molecule has 94 valence electrons. The second-order valence-electron chi connectivity index (χ2n) is 4.52. The highest BCUT2D eigenvalue weighted by Crippen LogP contribution is 2.31. The number of aromatic hydroxyl groups is 1. The van der Waals surface area contributed by atoms with Crippen LogP contribution >= 0.6 is 0 Å². The summed E-state index contributed by atoms with van der Waals surface area (Å²) in [6.07, 6.45) is 0. The van der Waals surface area contributed by atoms with Gasteiger partial charge in [-0.15, -0.1) is 0 Å². The summed E-state index contributed by atoms with van der Waals surface area (Å²) in [5.41, 5.74) is 3.33. The Morgan fingerprint density at radius 3 is 2.63 bits per heavy atom. The van der Waals surface area contributed by atoms with Gasteiger partial charge < -0.3 is 5.11 Å². The number of pyridine rings is 1. The van der Waals surface area contributed by atoms with Crippen molar-refractivity contribution < 1.29 is 9.50 Å². The number of aromatic nitrogens is 1. The lowest BCUT2D eigenvalue weighted by molar-refractivity contribution is 0.471. The van der Waals surface area contributed by atoms with Gasteiger partial charge in [0.05, 0.1) is 5.52 Å². The molecule has 2 nitrogen and oxygen atoms in total. The van der Waals surface area contributed by atoms with Crippen LogP contribution in [0.4, 0.5) is 4.39 Å². The molecule has 0 aliphatic rings. The Kier molecular flexibility index (Phi) is 2.67. The van der Waals surface area contributed by atoms with Crippen LogP contribution in [0.3, 0.4) is 0 Å². The molecule has 0 saturated heterocycles. The van der Waals surface area contributed by atoms with Gasteiger partial charge >= 0.3 is 0 Å². The molecule has 0 fully saturated rings. The maximum Gasteiger partial charge on any atom is 0.126 e. The van der Waals surface area contributed by atoms with Gasteiger partial charge in [0.2, 0.25) is 0 Å². The summed E-state index contributed by atoms with van der Waals surface area (Å²) in [6, 6.07) is 13.7. The molecule has 19 heavy (non-hydrogen) atoms. The average molecular weight is 253 g/mol. The number of phenolic OH excluding ortho intramolecular Hbond substituents is 1. The minimum Gasteiger partial charge on any atom is -0.507 e. The van der Waals surface area contributed by atoms with Crippen LogP contribution in [0.1, 0.15) is 5.69 Å². The molecule has 0 amide bonds. The SMILES string of the molecule is Cc1ccc2cc(-c3ccc(F)cc3O)ccc2n1. The largest absolute Gasteiger partial charge is 0.507 e. The zero-order valence-electron chi connectivity index (χ0n) is 10.4. The summed E-state index contributed by atoms with van der Waals surface area (Å²) in [7, 11) is 0. The van der Waals surface area contributed by atoms with Gasteiger partial charge in [-0.25, -0.2) is 4.39 Å². The smallest absolute Gasteiger partial charge is 0.126 e. The predicted molar refractivity (Wildman–Crippen MR) is 73.5 cm³/mol. The first-order valence-electron chi connectivity index (χ1n) is 6.00. The van der Waals surface area contributed by atoms with E-state index in [0.29, 0.717) is 5.56 Å². The average Bonchev–Trinajstić information content (AvgIpc) is 2.38. The number of hydrogen-bond donors (Lipinski definition) is 1. The van der Waals surface area contributed by atoms with Gasteiger partial charge in [-0.3, -0.25) is 4.98 Å². The fourth-order valence-electron chi connectivity index (χ4n) is 2.14. The third kappa shape index (κ3) is 2.15. The Labute approximate surface area is 110 Å². The highest BCUT2D eigenvalue weighted by molar-refractivity contribution is 5.85. The molecule has 0 atom stereocenters. The first-order valence-corrected chi connectivity index (χ1v) is 6.00. The fraction of sp³-hybridized carbons (Fsp3) is 0.0625. The lowest BCUT2D eigenvalue weighted by Gasteiger charge is -2.06. The quantitative estimate of drug-likeness (QED) is 0.709. The van der Waals surface area contributed by atoms with Crippen molar-refractivity contribution in [2.24, 2.45) is 0 Å². The molecule has 3 aromatic rings. The van der Waals surface area contributed by atoms with Crippen LogP contribution in [0.2, 0.25) is 0 Å². The predicted octanol–water partition coefficient (Wildman–Crippen LogP) is 4.05. The molecule has 0 aliphatic heterocycles. The van der Waals surface area contributed by atoms with Crippen LogP contribution < -0.4 is 0 Å². The lowest BCUT2D eigenvalue weighted by atomic mass is 10.0. The number of hydrogen-bond acceptors (Lipinski definition) is 2. The summed E-state index contributed by atoms with van der Waals surface area (Å²) >= 11 is 0. The molecule has 0 bridgehead atoms. The van der Waals surface area contributed by atoms with Gasteiger partial charge in [0, 0.05) is 22.7 Å². The molecule has 3 rings (SSSR count). The first-order chi connectivity index (χ1) is 9.13. The molecule has 0 aliphatic carbocycles. The van der Waals surface area contributed by atoms with Crippen LogP contribution in [0.25, 0.3) is 22.0 Å². The Morgan fingerprint density at radius 1 is 1.00 bits per heavy atom. The summed E-state index contributed by atoms with van der Waals surface area (Å²) in [5.74, 6) is -0.501. The van der Waals surface area contributed by atoms with Crippen LogP contribution in [-0.4, -0.2) is 10.1 Å². The molecule has 2 aromatic carbocycles. The van der Waals surface area contributed by atoms with Gasteiger partial charge in [0.1, 0.15) is 11.6 Å². The van der Waals surface area contributed by atoms with E-state index in [1.165, 1.54) is 6.07 Å². The molecule has 0 unspecified atom stereocenters.